The van der Waals surface area contributed by atoms with Crippen molar-refractivity contribution in [1.82, 2.24) is 68.0 Å². The molecule has 118 heavy (non-hydrogen) atoms. The van der Waals surface area contributed by atoms with E-state index in [1.165, 1.54) is 88.9 Å². The van der Waals surface area contributed by atoms with Gasteiger partial charge in [0.15, 0.2) is 6.04 Å². The summed E-state index contributed by atoms with van der Waals surface area (Å²) in [5.41, 5.74) is 18.2. The van der Waals surface area contributed by atoms with Crippen molar-refractivity contribution in [3.63, 3.8) is 0 Å². The Labute approximate surface area is 700 Å². The van der Waals surface area contributed by atoms with Crippen LogP contribution in [0.3, 0.4) is 0 Å². The highest BCUT2D eigenvalue weighted by molar-refractivity contribution is 7.99. The van der Waals surface area contributed by atoms with E-state index in [1.807, 2.05) is 0 Å². The van der Waals surface area contributed by atoms with Gasteiger partial charge >= 0.3 is 5.97 Å². The number of aliphatic hydroxyl groups is 1. The van der Waals surface area contributed by atoms with Gasteiger partial charge in [0.2, 0.25) is 59.1 Å². The van der Waals surface area contributed by atoms with Gasteiger partial charge in [-0.3, -0.25) is 52.8 Å². The van der Waals surface area contributed by atoms with E-state index < -0.39 is 131 Å². The van der Waals surface area contributed by atoms with Crippen molar-refractivity contribution in [3.05, 3.63) is 161 Å². The van der Waals surface area contributed by atoms with E-state index in [9.17, 15) is 59.1 Å². The average Bonchev–Trinajstić information content (AvgIpc) is 1.51. The number of phenols is 3. The number of carbonyl (C=O) groups is 11. The number of likely N-dealkylation sites (tertiary alicyclic amines) is 1. The maximum absolute atomic E-state index is 15.3. The molecule has 34 heteroatoms. The molecule has 2 aliphatic rings. The maximum Gasteiger partial charge on any atom is 0.328 e. The molecule has 1 aliphatic heterocycles. The van der Waals surface area contributed by atoms with Crippen molar-refractivity contribution in [2.75, 3.05) is 49.2 Å². The second-order valence-electron chi connectivity index (χ2n) is 30.3. The smallest absolute Gasteiger partial charge is 0.328 e. The van der Waals surface area contributed by atoms with E-state index in [1.54, 1.807) is 49.5 Å². The number of para-hydroxylation sites is 1. The van der Waals surface area contributed by atoms with Gasteiger partial charge < -0.3 is 100 Å². The van der Waals surface area contributed by atoms with Crippen LogP contribution in [0, 0.1) is 5.92 Å². The number of H-pyrrole nitrogens is 2. The first-order chi connectivity index (χ1) is 56.7. The Bertz CT molecular complexity index is 4570. The Morgan fingerprint density at radius 2 is 0.949 bits per heavy atom. The maximum atomic E-state index is 15.3. The van der Waals surface area contributed by atoms with Crippen molar-refractivity contribution in [1.29, 1.82) is 0 Å². The van der Waals surface area contributed by atoms with Gasteiger partial charge in [0, 0.05) is 89.9 Å². The highest BCUT2D eigenvalue weighted by atomic mass is 32.2. The number of rotatable bonds is 46. The average molecular weight is 1680 g/mol. The third kappa shape index (κ3) is 25.8. The SMILES string of the molecule is CCCN1C[C@H](CSCC(=O)N[C@@H](CCCCN)C(=O)N[C@H](Cc2ccc(O)cc2)C(=O)N[C@H](Cc2ccc(O)cc2)C(=O)N[C@@H](CS)C(=O)N[C@@H](Cc2ccc(O)cc2)C(=O)N[C@H](Cc2c[nH]c3ccccc23)C(=O)N[C@@H](CCCCN)C(=O)N[C@@H](CC)C(=O)N[C@@H](CS)C(=O)N[C@H](C(=O)O)[C@@H](C)O)CC2c3cccc4[nH]cc(c34)CC21. The number of nitrogens with two attached hydrogens (primary N) is 2. The zero-order valence-corrected chi connectivity index (χ0v) is 69.0. The molecule has 7 aromatic rings. The second-order valence-corrected chi connectivity index (χ2v) is 32.0. The van der Waals surface area contributed by atoms with Crippen LogP contribution in [0.5, 0.6) is 17.2 Å². The van der Waals surface area contributed by atoms with Gasteiger partial charge in [0.25, 0.3) is 0 Å². The van der Waals surface area contributed by atoms with Gasteiger partial charge in [-0.1, -0.05) is 80.6 Å². The fraction of sp³-hybridized carbons (Fsp3) is 0.464. The van der Waals surface area contributed by atoms with Crippen LogP contribution in [-0.2, 0) is 84.8 Å². The number of benzene rings is 5. The zero-order valence-electron chi connectivity index (χ0n) is 66.4. The van der Waals surface area contributed by atoms with Crippen LogP contribution in [0.1, 0.15) is 118 Å². The number of carboxylic acids is 1. The second kappa shape index (κ2) is 45.0. The number of phenolic OH excluding ortho intramolecular Hbond substituents is 3. The van der Waals surface area contributed by atoms with Crippen molar-refractivity contribution >= 4 is 124 Å². The van der Waals surface area contributed by atoms with E-state index in [2.05, 4.69) is 125 Å². The van der Waals surface area contributed by atoms with Crippen molar-refractivity contribution in [2.24, 2.45) is 17.4 Å². The molecule has 14 atom stereocenters. The van der Waals surface area contributed by atoms with Crippen molar-refractivity contribution in [3.8, 4) is 17.2 Å². The van der Waals surface area contributed by atoms with Crippen LogP contribution in [0.4, 0.5) is 0 Å². The molecular weight excluding hydrogens is 1570 g/mol. The minimum absolute atomic E-state index is 0.0304. The number of aliphatic carboxylic acids is 1. The summed E-state index contributed by atoms with van der Waals surface area (Å²) in [6.45, 7) is 7.27. The fourth-order valence-electron chi connectivity index (χ4n) is 15.2. The molecule has 0 bridgehead atoms. The molecule has 1 aliphatic carbocycles. The lowest BCUT2D eigenvalue weighted by Crippen LogP contribution is -2.61. The number of aromatic nitrogens is 2. The number of fused-ring (bicyclic) bond motifs is 3. The summed E-state index contributed by atoms with van der Waals surface area (Å²) >= 11 is 10.2. The first-order valence-corrected chi connectivity index (χ1v) is 42.5. The summed E-state index contributed by atoms with van der Waals surface area (Å²) in [5.74, 6) is -9.57. The number of hydrogen-bond acceptors (Lipinski definition) is 21. The molecule has 3 heterocycles. The number of piperidine rings is 1. The van der Waals surface area contributed by atoms with Crippen molar-refractivity contribution < 1.29 is 78.3 Å². The Hall–Kier alpha value is -10.4. The minimum atomic E-state index is -1.72. The number of thioether (sulfide) groups is 1. The normalized spacial score (nSPS) is 17.2. The summed E-state index contributed by atoms with van der Waals surface area (Å²) < 4.78 is 0. The molecule has 21 N–H and O–H groups in total. The Morgan fingerprint density at radius 1 is 0.517 bits per heavy atom. The number of carbonyl (C=O) groups excluding carboxylic acids is 10. The number of nitrogens with zero attached hydrogens (tertiary/aromatic N) is 1. The number of thiol groups is 2. The summed E-state index contributed by atoms with van der Waals surface area (Å²) in [6, 6.07) is 16.7. The number of hydrogen-bond donors (Lipinski definition) is 21. The van der Waals surface area contributed by atoms with Gasteiger partial charge in [0.1, 0.15) is 71.6 Å². The standard InChI is InChI=1S/C84H111N15O16S3/c1-4-33-99-42-51(34-59-58-14-12-18-62-73(58)53(41-88-62)39-71(59)99)45-118-46-72(104)89-63(16-8-10-31-85)76(106)92-65(35-48-19-25-54(101)26-20-48)78(108)93-67(37-50-23-29-56(103)30-24-50)80(110)97-69(43-116)82(112)94-66(36-49-21-27-55(102)28-22-49)79(109)95-68(38-52-40-87-61-15-7-6-13-57(52)61)81(111)91-64(17-9-11-32-86)77(107)90-60(5-2)75(105)96-70(44-117)83(113)98-74(47(3)100)84(114)115/h6-7,12-15,18-30,40-41,47,51,59-60,63-71,74,87-88,100-103,116-117H,4-5,8-11,16-17,31-39,42-46,85-86H2,1-3H3,(H,89,104)(H,90,107)(H,91,111)(H,92,106)(H,93,108)(H,94,112)(H,95,109)(H,96,105)(H,97,110)(H,98,113)(H,114,115)/t47-,51-,59?,60+,63+,64+,65-,66+,67-,68-,69+,70+,71?,74+/m1/s1. The van der Waals surface area contributed by atoms with Crippen LogP contribution in [0.2, 0.25) is 0 Å². The van der Waals surface area contributed by atoms with Gasteiger partial charge in [-0.05, 0) is 184 Å². The number of aliphatic hydroxyl groups excluding tert-OH is 1. The summed E-state index contributed by atoms with van der Waals surface area (Å²) in [5, 5.41) is 79.3. The highest BCUT2D eigenvalue weighted by Gasteiger charge is 2.42. The monoisotopic (exact) mass is 1680 g/mol. The molecule has 10 amide bonds. The fourth-order valence-corrected chi connectivity index (χ4v) is 16.6. The minimum Gasteiger partial charge on any atom is -0.508 e. The van der Waals surface area contributed by atoms with Crippen LogP contribution in [0.25, 0.3) is 21.8 Å². The Kier molecular flexibility index (Phi) is 34.9. The molecule has 0 saturated carbocycles. The van der Waals surface area contributed by atoms with E-state index in [0.717, 1.165) is 44.8 Å². The predicted molar refractivity (Wildman–Crippen MR) is 456 cm³/mol. The Balaban J connectivity index is 0.924. The molecule has 1 fully saturated rings. The van der Waals surface area contributed by atoms with Gasteiger partial charge in [0.05, 0.1) is 11.9 Å². The largest absolute Gasteiger partial charge is 0.508 e. The third-order valence-electron chi connectivity index (χ3n) is 21.4. The number of aromatic hydroxyl groups is 3. The van der Waals surface area contributed by atoms with Crippen LogP contribution < -0.4 is 64.6 Å². The van der Waals surface area contributed by atoms with Gasteiger partial charge in [-0.15, -0.1) is 0 Å². The van der Waals surface area contributed by atoms with E-state index >= 15 is 19.2 Å². The summed E-state index contributed by atoms with van der Waals surface area (Å²) in [7, 11) is 0. The van der Waals surface area contributed by atoms with Gasteiger partial charge in [-0.25, -0.2) is 4.79 Å². The van der Waals surface area contributed by atoms with Gasteiger partial charge in [-0.2, -0.15) is 37.0 Å². The van der Waals surface area contributed by atoms with E-state index in [0.29, 0.717) is 76.7 Å². The van der Waals surface area contributed by atoms with Crippen molar-refractivity contribution in [2.45, 2.75) is 189 Å². The zero-order chi connectivity index (χ0) is 85.1. The molecule has 9 rings (SSSR count). The molecule has 636 valence electrons. The molecule has 1 saturated heterocycles. The van der Waals surface area contributed by atoms with E-state index in [4.69, 9.17) is 11.5 Å². The topological polar surface area (TPSA) is 496 Å². The Morgan fingerprint density at radius 3 is 1.43 bits per heavy atom. The molecule has 0 spiro atoms. The van der Waals surface area contributed by atoms with E-state index in [-0.39, 0.29) is 98.5 Å². The number of aromatic amines is 2. The quantitative estimate of drug-likeness (QED) is 0.0193. The predicted octanol–water partition coefficient (Wildman–Crippen LogP) is 3.05. The third-order valence-corrected chi connectivity index (χ3v) is 23.3. The summed E-state index contributed by atoms with van der Waals surface area (Å²) in [4.78, 5) is 167. The highest BCUT2D eigenvalue weighted by Crippen LogP contribution is 2.45. The first kappa shape index (κ1) is 91.5. The molecular formula is C84H111N15O16S3. The lowest BCUT2D eigenvalue weighted by molar-refractivity contribution is -0.145. The molecule has 0 radical (unpaired) electrons. The lowest BCUT2D eigenvalue weighted by atomic mass is 9.72. The molecule has 31 nitrogen and oxygen atoms in total. The van der Waals surface area contributed by atoms with Crippen LogP contribution in [0.15, 0.2) is 128 Å². The number of amides is 10. The first-order valence-electron chi connectivity index (χ1n) is 40.1. The van der Waals surface area contributed by atoms with Crippen LogP contribution in [-0.4, -0.2) is 227 Å². The molecule has 5 aromatic carbocycles. The molecule has 2 unspecified atom stereocenters. The number of nitrogens with one attached hydrogen (secondary N) is 12. The number of carboxylic acid groups (broad SMARTS) is 1. The summed E-state index contributed by atoms with van der Waals surface area (Å²) in [6.07, 6.45) is 5.99. The molecule has 2 aromatic heterocycles. The number of unbranched alkanes of at least 4 members (excludes halogenated alkanes) is 2. The lowest BCUT2D eigenvalue weighted by Gasteiger charge is -2.47. The van der Waals surface area contributed by atoms with Crippen LogP contribution >= 0.6 is 37.0 Å².